The topological polar surface area (TPSA) is 18.5 Å². The zero-order chi connectivity index (χ0) is 11.0. The second-order valence-electron chi connectivity index (χ2n) is 4.82. The number of hydrogen-bond acceptors (Lipinski definition) is 2. The SMILES string of the molecule is C[C@@]12CC=C[C@@H](C1)OC(c1ccccc1)O2. The Balaban J connectivity index is 1.87. The van der Waals surface area contributed by atoms with Crippen molar-refractivity contribution in [1.29, 1.82) is 0 Å². The molecule has 0 amide bonds. The number of ether oxygens (including phenoxy) is 2. The highest BCUT2D eigenvalue weighted by atomic mass is 16.7. The van der Waals surface area contributed by atoms with E-state index in [-0.39, 0.29) is 18.0 Å². The van der Waals surface area contributed by atoms with Gasteiger partial charge in [-0.25, -0.2) is 0 Å². The van der Waals surface area contributed by atoms with E-state index in [1.165, 1.54) is 0 Å². The third-order valence-electron chi connectivity index (χ3n) is 3.30. The van der Waals surface area contributed by atoms with Gasteiger partial charge in [0.15, 0.2) is 6.29 Å². The summed E-state index contributed by atoms with van der Waals surface area (Å²) >= 11 is 0. The summed E-state index contributed by atoms with van der Waals surface area (Å²) in [5.41, 5.74) is 1.05. The first-order valence-electron chi connectivity index (χ1n) is 5.80. The fraction of sp³-hybridized carbons (Fsp3) is 0.429. The second kappa shape index (κ2) is 3.72. The fourth-order valence-electron chi connectivity index (χ4n) is 2.44. The van der Waals surface area contributed by atoms with Gasteiger partial charge >= 0.3 is 0 Å². The molecule has 0 spiro atoms. The molecule has 1 saturated heterocycles. The highest BCUT2D eigenvalue weighted by Crippen LogP contribution is 2.40. The maximum absolute atomic E-state index is 6.06. The van der Waals surface area contributed by atoms with Crippen molar-refractivity contribution in [3.8, 4) is 0 Å². The Bertz CT molecular complexity index is 398. The van der Waals surface area contributed by atoms with Gasteiger partial charge in [-0.1, -0.05) is 42.5 Å². The molecular formula is C14H16O2. The summed E-state index contributed by atoms with van der Waals surface area (Å²) in [6.45, 7) is 2.17. The number of rotatable bonds is 1. The Morgan fingerprint density at radius 3 is 2.81 bits per heavy atom. The molecular weight excluding hydrogens is 200 g/mol. The lowest BCUT2D eigenvalue weighted by Gasteiger charge is -2.43. The van der Waals surface area contributed by atoms with Crippen LogP contribution in [0.4, 0.5) is 0 Å². The van der Waals surface area contributed by atoms with Crippen LogP contribution in [0.15, 0.2) is 42.5 Å². The quantitative estimate of drug-likeness (QED) is 0.671. The van der Waals surface area contributed by atoms with Crippen molar-refractivity contribution in [2.75, 3.05) is 0 Å². The van der Waals surface area contributed by atoms with Gasteiger partial charge in [-0.3, -0.25) is 0 Å². The zero-order valence-corrected chi connectivity index (χ0v) is 9.43. The van der Waals surface area contributed by atoms with E-state index in [2.05, 4.69) is 31.2 Å². The van der Waals surface area contributed by atoms with Gasteiger partial charge in [0.05, 0.1) is 11.7 Å². The van der Waals surface area contributed by atoms with Crippen LogP contribution in [0.1, 0.15) is 31.6 Å². The molecule has 2 nitrogen and oxygen atoms in total. The Labute approximate surface area is 95.9 Å². The van der Waals surface area contributed by atoms with Gasteiger partial charge in [0.1, 0.15) is 0 Å². The number of hydrogen-bond donors (Lipinski definition) is 0. The molecule has 3 atom stereocenters. The molecule has 1 aromatic carbocycles. The first-order valence-corrected chi connectivity index (χ1v) is 5.80. The van der Waals surface area contributed by atoms with E-state index in [0.717, 1.165) is 18.4 Å². The van der Waals surface area contributed by atoms with Crippen LogP contribution in [-0.2, 0) is 9.47 Å². The molecule has 2 bridgehead atoms. The highest BCUT2D eigenvalue weighted by molar-refractivity contribution is 5.18. The van der Waals surface area contributed by atoms with Crippen molar-refractivity contribution in [1.82, 2.24) is 0 Å². The molecule has 2 aliphatic rings. The van der Waals surface area contributed by atoms with Crippen LogP contribution >= 0.6 is 0 Å². The van der Waals surface area contributed by atoms with Gasteiger partial charge in [0.2, 0.25) is 0 Å². The van der Waals surface area contributed by atoms with Gasteiger partial charge < -0.3 is 9.47 Å². The molecule has 1 aliphatic heterocycles. The van der Waals surface area contributed by atoms with Gasteiger partial charge in [-0.05, 0) is 13.3 Å². The molecule has 0 saturated carbocycles. The molecule has 1 heterocycles. The Morgan fingerprint density at radius 2 is 2.06 bits per heavy atom. The Kier molecular flexibility index (Phi) is 2.34. The predicted molar refractivity (Wildman–Crippen MR) is 61.9 cm³/mol. The van der Waals surface area contributed by atoms with Crippen LogP contribution in [-0.4, -0.2) is 11.7 Å². The predicted octanol–water partition coefficient (Wildman–Crippen LogP) is 3.21. The molecule has 84 valence electrons. The summed E-state index contributed by atoms with van der Waals surface area (Å²) in [6, 6.07) is 10.2. The Hall–Kier alpha value is -1.12. The summed E-state index contributed by atoms with van der Waals surface area (Å²) in [7, 11) is 0. The molecule has 1 fully saturated rings. The maximum Gasteiger partial charge on any atom is 0.185 e. The average Bonchev–Trinajstić information content (AvgIpc) is 2.28. The zero-order valence-electron chi connectivity index (χ0n) is 9.43. The van der Waals surface area contributed by atoms with E-state index < -0.39 is 0 Å². The number of benzene rings is 1. The van der Waals surface area contributed by atoms with Crippen LogP contribution < -0.4 is 0 Å². The van der Waals surface area contributed by atoms with Crippen molar-refractivity contribution in [2.24, 2.45) is 0 Å². The lowest BCUT2D eigenvalue weighted by atomic mass is 9.88. The molecule has 1 unspecified atom stereocenters. The molecule has 16 heavy (non-hydrogen) atoms. The molecule has 0 radical (unpaired) electrons. The standard InChI is InChI=1S/C14H16O2/c1-14-9-5-8-12(10-14)15-13(16-14)11-6-3-2-4-7-11/h2-8,12-13H,9-10H2,1H3/t12-,13?,14+/m0/s1. The van der Waals surface area contributed by atoms with Crippen molar-refractivity contribution in [2.45, 2.75) is 37.8 Å². The van der Waals surface area contributed by atoms with E-state index in [4.69, 9.17) is 9.47 Å². The third-order valence-corrected chi connectivity index (χ3v) is 3.30. The van der Waals surface area contributed by atoms with Crippen LogP contribution in [0.25, 0.3) is 0 Å². The first kappa shape index (κ1) is 10.1. The average molecular weight is 216 g/mol. The van der Waals surface area contributed by atoms with Crippen LogP contribution in [0.5, 0.6) is 0 Å². The van der Waals surface area contributed by atoms with Crippen molar-refractivity contribution in [3.63, 3.8) is 0 Å². The summed E-state index contributed by atoms with van der Waals surface area (Å²) < 4.78 is 12.0. The van der Waals surface area contributed by atoms with E-state index >= 15 is 0 Å². The normalized spacial score (nSPS) is 37.3. The summed E-state index contributed by atoms with van der Waals surface area (Å²) in [4.78, 5) is 0. The first-order chi connectivity index (χ1) is 7.75. The van der Waals surface area contributed by atoms with Gasteiger partial charge in [0, 0.05) is 12.0 Å². The molecule has 0 aromatic heterocycles. The van der Waals surface area contributed by atoms with Crippen molar-refractivity contribution < 1.29 is 9.47 Å². The second-order valence-corrected chi connectivity index (χ2v) is 4.82. The van der Waals surface area contributed by atoms with E-state index in [9.17, 15) is 0 Å². The molecule has 1 aliphatic carbocycles. The van der Waals surface area contributed by atoms with E-state index in [0.29, 0.717) is 0 Å². The molecule has 2 heteroatoms. The molecule has 0 N–H and O–H groups in total. The molecule has 1 aromatic rings. The third kappa shape index (κ3) is 1.79. The van der Waals surface area contributed by atoms with E-state index in [1.807, 2.05) is 18.2 Å². The van der Waals surface area contributed by atoms with Gasteiger partial charge in [-0.15, -0.1) is 0 Å². The van der Waals surface area contributed by atoms with Crippen LogP contribution in [0.3, 0.4) is 0 Å². The number of fused-ring (bicyclic) bond motifs is 2. The van der Waals surface area contributed by atoms with Crippen LogP contribution in [0.2, 0.25) is 0 Å². The van der Waals surface area contributed by atoms with Crippen molar-refractivity contribution in [3.05, 3.63) is 48.0 Å². The minimum Gasteiger partial charge on any atom is -0.342 e. The highest BCUT2D eigenvalue weighted by Gasteiger charge is 2.39. The molecule has 3 rings (SSSR count). The summed E-state index contributed by atoms with van der Waals surface area (Å²) in [6.07, 6.45) is 6.26. The fourth-order valence-corrected chi connectivity index (χ4v) is 2.44. The summed E-state index contributed by atoms with van der Waals surface area (Å²) in [5.74, 6) is 0. The van der Waals surface area contributed by atoms with Crippen LogP contribution in [0, 0.1) is 0 Å². The van der Waals surface area contributed by atoms with E-state index in [1.54, 1.807) is 0 Å². The smallest absolute Gasteiger partial charge is 0.185 e. The minimum absolute atomic E-state index is 0.0574. The van der Waals surface area contributed by atoms with Crippen molar-refractivity contribution >= 4 is 0 Å². The largest absolute Gasteiger partial charge is 0.342 e. The maximum atomic E-state index is 6.06. The lowest BCUT2D eigenvalue weighted by molar-refractivity contribution is -0.275. The van der Waals surface area contributed by atoms with Gasteiger partial charge in [0.25, 0.3) is 0 Å². The minimum atomic E-state index is -0.213. The summed E-state index contributed by atoms with van der Waals surface area (Å²) in [5, 5.41) is 0. The van der Waals surface area contributed by atoms with Gasteiger partial charge in [-0.2, -0.15) is 0 Å². The lowest BCUT2D eigenvalue weighted by Crippen LogP contribution is -2.43. The Morgan fingerprint density at radius 1 is 1.25 bits per heavy atom. The monoisotopic (exact) mass is 216 g/mol.